The number of ether oxygens (including phenoxy) is 2. The van der Waals surface area contributed by atoms with Crippen LogP contribution in [0.15, 0.2) is 85.2 Å². The van der Waals surface area contributed by atoms with Gasteiger partial charge in [0.15, 0.2) is 0 Å². The van der Waals surface area contributed by atoms with E-state index < -0.39 is 6.67 Å². The lowest BCUT2D eigenvalue weighted by molar-refractivity contribution is 0.122. The molecule has 4 aromatic heterocycles. The third kappa shape index (κ3) is 9.58. The number of hydrogen-bond acceptors (Lipinski definition) is 13. The Hall–Kier alpha value is -5.39. The van der Waals surface area contributed by atoms with Gasteiger partial charge in [0.05, 0.1) is 44.4 Å². The van der Waals surface area contributed by atoms with E-state index in [9.17, 15) is 9.50 Å². The van der Waals surface area contributed by atoms with Crippen LogP contribution >= 0.6 is 23.2 Å². The van der Waals surface area contributed by atoms with Gasteiger partial charge in [-0.3, -0.25) is 0 Å². The molecule has 2 aromatic carbocycles. The third-order valence-electron chi connectivity index (χ3n) is 8.30. The van der Waals surface area contributed by atoms with Crippen molar-refractivity contribution in [1.29, 1.82) is 0 Å². The number of alkyl halides is 1. The molecule has 0 radical (unpaired) electrons. The fraction of sp³-hybridized carbons (Fsp3) is 0.278. The number of morpholine rings is 2. The van der Waals surface area contributed by atoms with Crippen molar-refractivity contribution in [2.75, 3.05) is 73.0 Å². The second-order valence-corrected chi connectivity index (χ2v) is 13.0. The van der Waals surface area contributed by atoms with Gasteiger partial charge < -0.3 is 35.0 Å². The van der Waals surface area contributed by atoms with Crippen LogP contribution in [0.2, 0.25) is 10.0 Å². The molecule has 0 aliphatic carbocycles. The summed E-state index contributed by atoms with van der Waals surface area (Å²) in [6.07, 6.45) is 3.38. The first kappa shape index (κ1) is 36.9. The van der Waals surface area contributed by atoms with Gasteiger partial charge in [-0.2, -0.15) is 30.1 Å². The quantitative estimate of drug-likeness (QED) is 0.155. The molecule has 0 spiro atoms. The number of anilines is 6. The van der Waals surface area contributed by atoms with Crippen molar-refractivity contribution in [1.82, 2.24) is 39.5 Å². The number of hydrogen-bond donors (Lipinski definition) is 3. The Morgan fingerprint density at radius 3 is 1.43 bits per heavy atom. The van der Waals surface area contributed by atoms with Crippen LogP contribution in [0.5, 0.6) is 0 Å². The van der Waals surface area contributed by atoms with Gasteiger partial charge in [-0.1, -0.05) is 23.2 Å². The highest BCUT2D eigenvalue weighted by molar-refractivity contribution is 6.30. The molecule has 54 heavy (non-hydrogen) atoms. The molecule has 18 heteroatoms. The highest BCUT2D eigenvalue weighted by Crippen LogP contribution is 2.25. The first-order valence-electron chi connectivity index (χ1n) is 17.2. The molecule has 2 saturated heterocycles. The summed E-state index contributed by atoms with van der Waals surface area (Å²) in [5.74, 6) is 3.61. The van der Waals surface area contributed by atoms with Gasteiger partial charge in [0, 0.05) is 72.1 Å². The van der Waals surface area contributed by atoms with Crippen molar-refractivity contribution < 1.29 is 19.0 Å². The lowest BCUT2D eigenvalue weighted by atomic mass is 10.3. The molecule has 8 rings (SSSR count). The van der Waals surface area contributed by atoms with Gasteiger partial charge in [-0.15, -0.1) is 0 Å². The van der Waals surface area contributed by atoms with Crippen LogP contribution in [-0.2, 0) is 22.8 Å². The molecule has 3 N–H and O–H groups in total. The Kier molecular flexibility index (Phi) is 12.1. The van der Waals surface area contributed by atoms with E-state index in [-0.39, 0.29) is 6.61 Å². The molecule has 2 fully saturated rings. The second kappa shape index (κ2) is 17.6. The molecule has 6 heterocycles. The van der Waals surface area contributed by atoms with Crippen LogP contribution in [-0.4, -0.2) is 97.2 Å². The number of aliphatic hydroxyl groups is 1. The minimum absolute atomic E-state index is 0.133. The molecule has 0 amide bonds. The topological polar surface area (TPSA) is 156 Å². The number of aliphatic hydroxyl groups excluding tert-OH is 1. The van der Waals surface area contributed by atoms with Crippen LogP contribution in [0.1, 0.15) is 11.4 Å². The van der Waals surface area contributed by atoms with Crippen LogP contribution in [0, 0.1) is 0 Å². The fourth-order valence-electron chi connectivity index (χ4n) is 5.55. The first-order chi connectivity index (χ1) is 26.4. The van der Waals surface area contributed by atoms with E-state index in [0.29, 0.717) is 71.4 Å². The highest BCUT2D eigenvalue weighted by atomic mass is 35.5. The lowest BCUT2D eigenvalue weighted by Crippen LogP contribution is -2.37. The Morgan fingerprint density at radius 2 is 1.04 bits per heavy atom. The summed E-state index contributed by atoms with van der Waals surface area (Å²) >= 11 is 11.9. The maximum Gasteiger partial charge on any atom is 0.254 e. The fourth-order valence-corrected chi connectivity index (χ4v) is 5.80. The molecule has 0 saturated carbocycles. The average molecular weight is 776 g/mol. The van der Waals surface area contributed by atoms with Crippen molar-refractivity contribution in [3.63, 3.8) is 0 Å². The summed E-state index contributed by atoms with van der Waals surface area (Å²) in [4.78, 5) is 22.6. The van der Waals surface area contributed by atoms with Gasteiger partial charge in [-0.05, 0) is 60.7 Å². The molecule has 0 bridgehead atoms. The summed E-state index contributed by atoms with van der Waals surface area (Å²) < 4.78 is 26.7. The molecular weight excluding hydrogens is 738 g/mol. The Morgan fingerprint density at radius 1 is 0.611 bits per heavy atom. The number of aromatic nitrogens is 8. The Labute approximate surface area is 320 Å². The second-order valence-electron chi connectivity index (χ2n) is 12.1. The van der Waals surface area contributed by atoms with Gasteiger partial charge in [0.2, 0.25) is 0 Å². The third-order valence-corrected chi connectivity index (χ3v) is 8.81. The SMILES string of the molecule is FCc1ccn(-c2nc(Nc3ccc(Cl)cc3)cc(N3CCOCC3)n2)n1.OCc1ccn(-c2nc(Nc3ccc(Cl)cc3)cc(N3CCOCC3)n2)n1. The minimum Gasteiger partial charge on any atom is -0.390 e. The highest BCUT2D eigenvalue weighted by Gasteiger charge is 2.18. The Bertz CT molecular complexity index is 1970. The molecule has 2 aliphatic rings. The van der Waals surface area contributed by atoms with Crippen LogP contribution in [0.3, 0.4) is 0 Å². The van der Waals surface area contributed by atoms with Gasteiger partial charge in [0.25, 0.3) is 11.9 Å². The molecule has 15 nitrogen and oxygen atoms in total. The lowest BCUT2D eigenvalue weighted by Gasteiger charge is -2.28. The van der Waals surface area contributed by atoms with Gasteiger partial charge >= 0.3 is 0 Å². The predicted octanol–water partition coefficient (Wildman–Crippen LogP) is 5.75. The first-order valence-corrected chi connectivity index (χ1v) is 17.9. The van der Waals surface area contributed by atoms with Crippen molar-refractivity contribution in [2.24, 2.45) is 0 Å². The van der Waals surface area contributed by atoms with E-state index in [4.69, 9.17) is 32.7 Å². The standard InChI is InChI=1S/C18H18ClFN6O.C18H19ClN6O2/c19-13-1-3-14(4-2-13)21-16-11-17(25-7-9-27-10-8-25)23-18(22-16)26-6-5-15(12-20)24-26;19-13-1-3-14(4-2-13)20-16-11-17(24-7-9-27-10-8-24)22-18(21-16)25-6-5-15(12-26)23-25/h1-6,11H,7-10,12H2,(H,21,22,23);1-6,11,26H,7-10,12H2,(H,20,21,22). The summed E-state index contributed by atoms with van der Waals surface area (Å²) in [6.45, 7) is 4.86. The molecule has 280 valence electrons. The summed E-state index contributed by atoms with van der Waals surface area (Å²) in [5.41, 5.74) is 2.61. The van der Waals surface area contributed by atoms with E-state index in [1.54, 1.807) is 41.3 Å². The monoisotopic (exact) mass is 774 g/mol. The molecule has 0 atom stereocenters. The van der Waals surface area contributed by atoms with E-state index in [1.807, 2.05) is 48.5 Å². The van der Waals surface area contributed by atoms with Crippen LogP contribution in [0.4, 0.5) is 39.0 Å². The largest absolute Gasteiger partial charge is 0.390 e. The van der Waals surface area contributed by atoms with Crippen molar-refractivity contribution in [3.8, 4) is 11.9 Å². The number of rotatable bonds is 10. The minimum atomic E-state index is -0.633. The number of nitrogens with one attached hydrogen (secondary N) is 2. The van der Waals surface area contributed by atoms with E-state index in [0.717, 1.165) is 49.2 Å². The van der Waals surface area contributed by atoms with Crippen LogP contribution in [0.25, 0.3) is 11.9 Å². The zero-order valence-electron chi connectivity index (χ0n) is 29.0. The smallest absolute Gasteiger partial charge is 0.254 e. The molecular formula is C36H37Cl2FN12O3. The average Bonchev–Trinajstić information content (AvgIpc) is 3.91. The van der Waals surface area contributed by atoms with E-state index >= 15 is 0 Å². The normalized spacial score (nSPS) is 14.4. The molecule has 2 aliphatic heterocycles. The maximum atomic E-state index is 12.9. The Balaban J connectivity index is 0.000000167. The van der Waals surface area contributed by atoms with E-state index in [1.165, 1.54) is 4.68 Å². The number of benzene rings is 2. The summed E-state index contributed by atoms with van der Waals surface area (Å²) in [6, 6.07) is 21.9. The zero-order valence-corrected chi connectivity index (χ0v) is 30.5. The van der Waals surface area contributed by atoms with Crippen molar-refractivity contribution in [2.45, 2.75) is 13.3 Å². The van der Waals surface area contributed by atoms with Crippen molar-refractivity contribution >= 4 is 57.8 Å². The maximum absolute atomic E-state index is 12.9. The predicted molar refractivity (Wildman–Crippen MR) is 205 cm³/mol. The van der Waals surface area contributed by atoms with Gasteiger partial charge in [0.1, 0.15) is 29.9 Å². The molecule has 0 unspecified atom stereocenters. The molecule has 6 aromatic rings. The number of halogens is 3. The van der Waals surface area contributed by atoms with Crippen molar-refractivity contribution in [3.05, 3.63) is 107 Å². The summed E-state index contributed by atoms with van der Waals surface area (Å²) in [7, 11) is 0. The zero-order chi connectivity index (χ0) is 37.3. The van der Waals surface area contributed by atoms with Gasteiger partial charge in [-0.25, -0.2) is 13.8 Å². The number of nitrogens with zero attached hydrogens (tertiary/aromatic N) is 10. The van der Waals surface area contributed by atoms with Crippen LogP contribution < -0.4 is 20.4 Å². The van der Waals surface area contributed by atoms with E-state index in [2.05, 4.69) is 50.6 Å². The summed E-state index contributed by atoms with van der Waals surface area (Å²) in [5, 5.41) is 25.6.